The molecule has 0 amide bonds. The fraction of sp³-hybridized carbons (Fsp3) is 0.333. The van der Waals surface area contributed by atoms with Crippen molar-refractivity contribution in [3.63, 3.8) is 0 Å². The van der Waals surface area contributed by atoms with Crippen molar-refractivity contribution in [1.82, 2.24) is 0 Å². The minimum atomic E-state index is -0.886. The van der Waals surface area contributed by atoms with E-state index in [0.29, 0.717) is 0 Å². The molecule has 0 saturated carbocycles. The first-order valence-corrected chi connectivity index (χ1v) is 5.05. The van der Waals surface area contributed by atoms with Crippen LogP contribution in [0.1, 0.15) is 26.7 Å². The molecule has 0 unspecified atom stereocenters. The number of rotatable bonds is 5. The van der Waals surface area contributed by atoms with E-state index in [0.717, 1.165) is 0 Å². The highest BCUT2D eigenvalue weighted by Gasteiger charge is 2.16. The third-order valence-corrected chi connectivity index (χ3v) is 1.64. The van der Waals surface area contributed by atoms with Crippen LogP contribution in [0, 0.1) is 0 Å². The summed E-state index contributed by atoms with van der Waals surface area (Å²) in [5.74, 6) is -3.48. The van der Waals surface area contributed by atoms with Crippen molar-refractivity contribution >= 4 is 23.9 Å². The largest absolute Gasteiger partial charge is 0.390 e. The molecule has 0 aliphatic carbocycles. The molecule has 0 N–H and O–H groups in total. The topological polar surface area (TPSA) is 86.7 Å². The molecule has 6 heteroatoms. The summed E-state index contributed by atoms with van der Waals surface area (Å²) in [7, 11) is 0. The summed E-state index contributed by atoms with van der Waals surface area (Å²) < 4.78 is 8.65. The van der Waals surface area contributed by atoms with E-state index in [4.69, 9.17) is 0 Å². The van der Waals surface area contributed by atoms with Gasteiger partial charge in [0.05, 0.1) is 12.8 Å². The standard InChI is InChI=1S/C12H14O6/c1-7(2)11(15)17-9(13)5-6-10(14)18-12(16)8(3)4/h1,3,5-6H2,2,4H3. The van der Waals surface area contributed by atoms with Crippen LogP contribution in [0.4, 0.5) is 0 Å². The van der Waals surface area contributed by atoms with Crippen molar-refractivity contribution in [2.45, 2.75) is 26.7 Å². The average Bonchev–Trinajstić information content (AvgIpc) is 2.25. The smallest absolute Gasteiger partial charge is 0.340 e. The van der Waals surface area contributed by atoms with Crippen molar-refractivity contribution in [2.24, 2.45) is 0 Å². The minimum absolute atomic E-state index is 0.0726. The Kier molecular flexibility index (Phi) is 6.27. The predicted octanol–water partition coefficient (Wildman–Crippen LogP) is 1.06. The van der Waals surface area contributed by atoms with E-state index in [1.807, 2.05) is 0 Å². The first-order valence-electron chi connectivity index (χ1n) is 5.05. The van der Waals surface area contributed by atoms with Crippen molar-refractivity contribution in [2.75, 3.05) is 0 Å². The first kappa shape index (κ1) is 15.8. The van der Waals surface area contributed by atoms with E-state index in [2.05, 4.69) is 22.6 Å². The lowest BCUT2D eigenvalue weighted by Crippen LogP contribution is -2.17. The minimum Gasteiger partial charge on any atom is -0.390 e. The molecule has 0 spiro atoms. The molecule has 98 valence electrons. The Labute approximate surface area is 104 Å². The molecule has 0 aromatic heterocycles. The summed E-state index contributed by atoms with van der Waals surface area (Å²) in [6, 6.07) is 0. The molecule has 0 aromatic carbocycles. The van der Waals surface area contributed by atoms with Crippen molar-refractivity contribution in [3.8, 4) is 0 Å². The van der Waals surface area contributed by atoms with Crippen LogP contribution in [0.3, 0.4) is 0 Å². The van der Waals surface area contributed by atoms with Crippen LogP contribution < -0.4 is 0 Å². The first-order chi connectivity index (χ1) is 8.23. The van der Waals surface area contributed by atoms with E-state index in [-0.39, 0.29) is 24.0 Å². The van der Waals surface area contributed by atoms with E-state index >= 15 is 0 Å². The summed E-state index contributed by atoms with van der Waals surface area (Å²) in [6.07, 6.45) is -0.720. The van der Waals surface area contributed by atoms with Crippen molar-refractivity contribution in [1.29, 1.82) is 0 Å². The van der Waals surface area contributed by atoms with Crippen molar-refractivity contribution < 1.29 is 28.7 Å². The van der Waals surface area contributed by atoms with Crippen LogP contribution in [0.2, 0.25) is 0 Å². The molecule has 0 saturated heterocycles. The molecule has 6 nitrogen and oxygen atoms in total. The zero-order valence-corrected chi connectivity index (χ0v) is 10.3. The quantitative estimate of drug-likeness (QED) is 0.414. The van der Waals surface area contributed by atoms with Gasteiger partial charge in [-0.2, -0.15) is 0 Å². The average molecular weight is 254 g/mol. The molecule has 0 radical (unpaired) electrons. The second kappa shape index (κ2) is 7.16. The van der Waals surface area contributed by atoms with Gasteiger partial charge in [-0.25, -0.2) is 9.59 Å². The number of ether oxygens (including phenoxy) is 2. The summed E-state index contributed by atoms with van der Waals surface area (Å²) in [6.45, 7) is 9.35. The lowest BCUT2D eigenvalue weighted by Gasteiger charge is -2.03. The van der Waals surface area contributed by atoms with Gasteiger partial charge in [0, 0.05) is 11.1 Å². The molecule has 0 aliphatic heterocycles. The Morgan fingerprint density at radius 3 is 1.28 bits per heavy atom. The van der Waals surface area contributed by atoms with Gasteiger partial charge in [-0.05, 0) is 13.8 Å². The zero-order chi connectivity index (χ0) is 14.3. The highest BCUT2D eigenvalue weighted by Crippen LogP contribution is 2.01. The maximum absolute atomic E-state index is 11.1. The lowest BCUT2D eigenvalue weighted by molar-refractivity contribution is -0.162. The SMILES string of the molecule is C=C(C)C(=O)OC(=O)CCC(=O)OC(=O)C(=C)C. The molecule has 0 fully saturated rings. The predicted molar refractivity (Wildman–Crippen MR) is 61.1 cm³/mol. The molecular weight excluding hydrogens is 240 g/mol. The molecule has 0 rings (SSSR count). The molecule has 0 aromatic rings. The van der Waals surface area contributed by atoms with Gasteiger partial charge in [0.15, 0.2) is 0 Å². The third kappa shape index (κ3) is 6.37. The van der Waals surface area contributed by atoms with Gasteiger partial charge in [-0.15, -0.1) is 0 Å². The Morgan fingerprint density at radius 1 is 0.778 bits per heavy atom. The number of hydrogen-bond acceptors (Lipinski definition) is 6. The van der Waals surface area contributed by atoms with Crippen LogP contribution in [0.25, 0.3) is 0 Å². The number of esters is 4. The van der Waals surface area contributed by atoms with Gasteiger partial charge in [0.2, 0.25) is 0 Å². The number of carbonyl (C=O) groups is 4. The number of hydrogen-bond donors (Lipinski definition) is 0. The van der Waals surface area contributed by atoms with Gasteiger partial charge in [0.1, 0.15) is 0 Å². The van der Waals surface area contributed by atoms with E-state index in [1.165, 1.54) is 13.8 Å². The molecule has 18 heavy (non-hydrogen) atoms. The maximum atomic E-state index is 11.1. The van der Waals surface area contributed by atoms with Crippen LogP contribution in [-0.4, -0.2) is 23.9 Å². The Bertz CT molecular complexity index is 378. The van der Waals surface area contributed by atoms with Crippen molar-refractivity contribution in [3.05, 3.63) is 24.3 Å². The Balaban J connectivity index is 4.03. The number of carbonyl (C=O) groups excluding carboxylic acids is 4. The summed E-state index contributed by atoms with van der Waals surface area (Å²) in [5.41, 5.74) is 0.145. The van der Waals surface area contributed by atoms with Gasteiger partial charge in [-0.1, -0.05) is 13.2 Å². The normalized spacial score (nSPS) is 9.22. The van der Waals surface area contributed by atoms with Gasteiger partial charge >= 0.3 is 23.9 Å². The Hall–Kier alpha value is -2.24. The van der Waals surface area contributed by atoms with Crippen LogP contribution in [0.15, 0.2) is 24.3 Å². The Morgan fingerprint density at radius 2 is 1.06 bits per heavy atom. The molecule has 0 heterocycles. The summed E-state index contributed by atoms with van der Waals surface area (Å²) in [5, 5.41) is 0. The lowest BCUT2D eigenvalue weighted by atomic mass is 10.3. The highest BCUT2D eigenvalue weighted by molar-refractivity contribution is 5.97. The molecule has 0 bridgehead atoms. The van der Waals surface area contributed by atoms with E-state index < -0.39 is 23.9 Å². The second-order valence-corrected chi connectivity index (χ2v) is 3.58. The third-order valence-electron chi connectivity index (χ3n) is 1.64. The summed E-state index contributed by atoms with van der Waals surface area (Å²) in [4.78, 5) is 44.1. The fourth-order valence-electron chi connectivity index (χ4n) is 0.687. The van der Waals surface area contributed by atoms with E-state index in [9.17, 15) is 19.2 Å². The van der Waals surface area contributed by atoms with E-state index in [1.54, 1.807) is 0 Å². The van der Waals surface area contributed by atoms with Crippen LogP contribution in [0.5, 0.6) is 0 Å². The van der Waals surface area contributed by atoms with Crippen LogP contribution in [-0.2, 0) is 28.7 Å². The zero-order valence-electron chi connectivity index (χ0n) is 10.3. The monoisotopic (exact) mass is 254 g/mol. The van der Waals surface area contributed by atoms with Gasteiger partial charge < -0.3 is 9.47 Å². The maximum Gasteiger partial charge on any atom is 0.340 e. The fourth-order valence-corrected chi connectivity index (χ4v) is 0.687. The highest BCUT2D eigenvalue weighted by atomic mass is 16.6. The van der Waals surface area contributed by atoms with Gasteiger partial charge in [-0.3, -0.25) is 9.59 Å². The molecule has 0 atom stereocenters. The second-order valence-electron chi connectivity index (χ2n) is 3.58. The molecule has 0 aliphatic rings. The van der Waals surface area contributed by atoms with Gasteiger partial charge in [0.25, 0.3) is 0 Å². The van der Waals surface area contributed by atoms with Crippen LogP contribution >= 0.6 is 0 Å². The summed E-state index contributed by atoms with van der Waals surface area (Å²) >= 11 is 0. The molecular formula is C12H14O6.